The molecule has 0 aromatic heterocycles. The predicted octanol–water partition coefficient (Wildman–Crippen LogP) is 3.83. The fraction of sp³-hybridized carbons (Fsp3) is 0.667. The van der Waals surface area contributed by atoms with Crippen LogP contribution in [0.25, 0.3) is 0 Å². The van der Waals surface area contributed by atoms with Crippen LogP contribution in [-0.2, 0) is 9.59 Å². The number of benzene rings is 1. The number of carbonyl (C=O) groups excluding carboxylic acids is 2. The first-order valence-electron chi connectivity index (χ1n) is 11.7. The van der Waals surface area contributed by atoms with Crippen molar-refractivity contribution < 1.29 is 14.0 Å². The largest absolute Gasteiger partial charge is 0.366 e. The van der Waals surface area contributed by atoms with E-state index in [4.69, 9.17) is 0 Å². The molecular weight excluding hydrogens is 381 g/mol. The van der Waals surface area contributed by atoms with E-state index >= 15 is 0 Å². The number of para-hydroxylation sites is 1. The lowest BCUT2D eigenvalue weighted by atomic mass is 9.78. The van der Waals surface area contributed by atoms with Crippen LogP contribution in [0, 0.1) is 11.7 Å². The van der Waals surface area contributed by atoms with Gasteiger partial charge < -0.3 is 14.7 Å². The van der Waals surface area contributed by atoms with E-state index in [0.717, 1.165) is 19.4 Å². The number of anilines is 1. The Balaban J connectivity index is 1.20. The van der Waals surface area contributed by atoms with Crippen LogP contribution < -0.4 is 4.90 Å². The average molecular weight is 416 g/mol. The summed E-state index contributed by atoms with van der Waals surface area (Å²) in [6.45, 7) is 3.39. The summed E-state index contributed by atoms with van der Waals surface area (Å²) in [5.74, 6) is 0.839. The number of nitrogens with zero attached hydrogens (tertiary/aromatic N) is 3. The second-order valence-corrected chi connectivity index (χ2v) is 9.01. The first-order valence-corrected chi connectivity index (χ1v) is 11.7. The number of piperazine rings is 1. The molecule has 164 valence electrons. The summed E-state index contributed by atoms with van der Waals surface area (Å²) in [4.78, 5) is 31.4. The predicted molar refractivity (Wildman–Crippen MR) is 116 cm³/mol. The molecule has 1 saturated carbocycles. The Bertz CT molecular complexity index is 746. The van der Waals surface area contributed by atoms with E-state index in [1.165, 1.54) is 31.7 Å². The van der Waals surface area contributed by atoms with Crippen molar-refractivity contribution >= 4 is 17.5 Å². The Labute approximate surface area is 179 Å². The molecule has 2 heterocycles. The molecule has 1 aromatic rings. The van der Waals surface area contributed by atoms with Gasteiger partial charge in [-0.1, -0.05) is 25.0 Å². The first kappa shape index (κ1) is 21.1. The highest BCUT2D eigenvalue weighted by atomic mass is 19.1. The normalized spacial score (nSPS) is 24.5. The van der Waals surface area contributed by atoms with Crippen molar-refractivity contribution in [2.45, 2.75) is 63.8 Å². The molecule has 0 spiro atoms. The maximum Gasteiger partial charge on any atom is 0.222 e. The van der Waals surface area contributed by atoms with Crippen molar-refractivity contribution in [2.24, 2.45) is 5.92 Å². The molecule has 2 atom stereocenters. The van der Waals surface area contributed by atoms with E-state index in [0.29, 0.717) is 63.1 Å². The summed E-state index contributed by atoms with van der Waals surface area (Å²) in [5.41, 5.74) is 0.609. The van der Waals surface area contributed by atoms with E-state index < -0.39 is 0 Å². The van der Waals surface area contributed by atoms with Gasteiger partial charge in [0.2, 0.25) is 11.8 Å². The molecule has 3 aliphatic rings. The number of likely N-dealkylation sites (tertiary alicyclic amines) is 1. The van der Waals surface area contributed by atoms with Crippen LogP contribution >= 0.6 is 0 Å². The second kappa shape index (κ2) is 9.80. The zero-order chi connectivity index (χ0) is 20.9. The Morgan fingerprint density at radius 3 is 2.37 bits per heavy atom. The fourth-order valence-corrected chi connectivity index (χ4v) is 5.53. The number of hydrogen-bond donors (Lipinski definition) is 0. The number of halogens is 1. The molecule has 0 bridgehead atoms. The van der Waals surface area contributed by atoms with Gasteiger partial charge in [-0.2, -0.15) is 0 Å². The SMILES string of the molecule is O=C(CCCC(=O)N1CCCC2CCCCC21)N1CCN(c2ccccc2F)CC1. The molecule has 30 heavy (non-hydrogen) atoms. The molecule has 2 amide bonds. The highest BCUT2D eigenvalue weighted by molar-refractivity contribution is 5.79. The smallest absolute Gasteiger partial charge is 0.222 e. The second-order valence-electron chi connectivity index (χ2n) is 9.01. The van der Waals surface area contributed by atoms with E-state index in [2.05, 4.69) is 4.90 Å². The van der Waals surface area contributed by atoms with Gasteiger partial charge in [0.15, 0.2) is 0 Å². The minimum Gasteiger partial charge on any atom is -0.366 e. The maximum absolute atomic E-state index is 14.0. The van der Waals surface area contributed by atoms with Crippen LogP contribution in [0.4, 0.5) is 10.1 Å². The molecule has 2 aliphatic heterocycles. The number of amides is 2. The van der Waals surface area contributed by atoms with Crippen LogP contribution in [0.2, 0.25) is 0 Å². The molecule has 2 saturated heterocycles. The molecule has 0 radical (unpaired) electrons. The Kier molecular flexibility index (Phi) is 6.90. The Morgan fingerprint density at radius 2 is 1.57 bits per heavy atom. The number of fused-ring (bicyclic) bond motifs is 1. The third-order valence-electron chi connectivity index (χ3n) is 7.17. The highest BCUT2D eigenvalue weighted by Gasteiger charge is 2.35. The molecule has 2 unspecified atom stereocenters. The van der Waals surface area contributed by atoms with Gasteiger partial charge in [0, 0.05) is 51.6 Å². The highest BCUT2D eigenvalue weighted by Crippen LogP contribution is 2.35. The molecule has 0 N–H and O–H groups in total. The number of hydrogen-bond acceptors (Lipinski definition) is 3. The van der Waals surface area contributed by atoms with Gasteiger partial charge in [0.25, 0.3) is 0 Å². The lowest BCUT2D eigenvalue weighted by Crippen LogP contribution is -2.50. The van der Waals surface area contributed by atoms with Crippen LogP contribution in [0.3, 0.4) is 0 Å². The summed E-state index contributed by atoms with van der Waals surface area (Å²) < 4.78 is 14.0. The quantitative estimate of drug-likeness (QED) is 0.734. The van der Waals surface area contributed by atoms with Crippen molar-refractivity contribution in [1.29, 1.82) is 0 Å². The van der Waals surface area contributed by atoms with E-state index in [-0.39, 0.29) is 17.6 Å². The molecule has 4 rings (SSSR count). The van der Waals surface area contributed by atoms with E-state index in [1.807, 2.05) is 15.9 Å². The number of piperidine rings is 1. The average Bonchev–Trinajstić information content (AvgIpc) is 2.79. The van der Waals surface area contributed by atoms with Crippen molar-refractivity contribution in [2.75, 3.05) is 37.6 Å². The zero-order valence-electron chi connectivity index (χ0n) is 17.9. The van der Waals surface area contributed by atoms with Gasteiger partial charge in [-0.15, -0.1) is 0 Å². The van der Waals surface area contributed by atoms with Crippen LogP contribution in [0.1, 0.15) is 57.8 Å². The molecule has 1 aliphatic carbocycles. The summed E-state index contributed by atoms with van der Waals surface area (Å²) in [6, 6.07) is 7.24. The minimum atomic E-state index is -0.214. The van der Waals surface area contributed by atoms with Gasteiger partial charge in [-0.3, -0.25) is 9.59 Å². The van der Waals surface area contributed by atoms with Gasteiger partial charge in [-0.25, -0.2) is 4.39 Å². The summed E-state index contributed by atoms with van der Waals surface area (Å²) in [7, 11) is 0. The minimum absolute atomic E-state index is 0.116. The van der Waals surface area contributed by atoms with Gasteiger partial charge >= 0.3 is 0 Å². The number of carbonyl (C=O) groups is 2. The zero-order valence-corrected chi connectivity index (χ0v) is 17.9. The van der Waals surface area contributed by atoms with Gasteiger partial charge in [0.1, 0.15) is 5.82 Å². The standard InChI is InChI=1S/C24H34FN3O2/c25-20-9-2-4-11-22(20)26-15-17-27(18-16-26)23(29)12-5-13-24(30)28-14-6-8-19-7-1-3-10-21(19)28/h2,4,9,11,19,21H,1,3,5-8,10,12-18H2. The third-order valence-corrected chi connectivity index (χ3v) is 7.17. The molecule has 3 fully saturated rings. The fourth-order valence-electron chi connectivity index (χ4n) is 5.53. The lowest BCUT2D eigenvalue weighted by Gasteiger charge is -2.44. The van der Waals surface area contributed by atoms with Crippen molar-refractivity contribution in [1.82, 2.24) is 9.80 Å². The van der Waals surface area contributed by atoms with Crippen molar-refractivity contribution in [3.05, 3.63) is 30.1 Å². The third kappa shape index (κ3) is 4.79. The van der Waals surface area contributed by atoms with Crippen molar-refractivity contribution in [3.63, 3.8) is 0 Å². The van der Waals surface area contributed by atoms with Crippen LogP contribution in [0.15, 0.2) is 24.3 Å². The molecule has 6 heteroatoms. The molecular formula is C24H34FN3O2. The maximum atomic E-state index is 14.0. The van der Waals surface area contributed by atoms with Crippen LogP contribution in [0.5, 0.6) is 0 Å². The summed E-state index contributed by atoms with van der Waals surface area (Å²) in [6.07, 6.45) is 8.89. The lowest BCUT2D eigenvalue weighted by molar-refractivity contribution is -0.138. The summed E-state index contributed by atoms with van der Waals surface area (Å²) in [5, 5.41) is 0. The Hall–Kier alpha value is -2.11. The van der Waals surface area contributed by atoms with E-state index in [9.17, 15) is 14.0 Å². The van der Waals surface area contributed by atoms with E-state index in [1.54, 1.807) is 12.1 Å². The number of rotatable bonds is 5. The van der Waals surface area contributed by atoms with Crippen LogP contribution in [-0.4, -0.2) is 60.4 Å². The molecule has 1 aromatic carbocycles. The molecule has 5 nitrogen and oxygen atoms in total. The van der Waals surface area contributed by atoms with Gasteiger partial charge in [0.05, 0.1) is 5.69 Å². The first-order chi connectivity index (χ1) is 14.6. The summed E-state index contributed by atoms with van der Waals surface area (Å²) >= 11 is 0. The van der Waals surface area contributed by atoms with Crippen molar-refractivity contribution in [3.8, 4) is 0 Å². The van der Waals surface area contributed by atoms with Gasteiger partial charge in [-0.05, 0) is 50.2 Å². The monoisotopic (exact) mass is 415 g/mol. The Morgan fingerprint density at radius 1 is 0.867 bits per heavy atom. The topological polar surface area (TPSA) is 43.9 Å².